The summed E-state index contributed by atoms with van der Waals surface area (Å²) in [5, 5.41) is 20.3. The summed E-state index contributed by atoms with van der Waals surface area (Å²) in [5.74, 6) is -0.804. The predicted octanol–water partition coefficient (Wildman–Crippen LogP) is 8.67. The van der Waals surface area contributed by atoms with Gasteiger partial charge in [-0.15, -0.1) is 0 Å². The number of nitrogens with one attached hydrogen (secondary N) is 3. The van der Waals surface area contributed by atoms with Gasteiger partial charge < -0.3 is 26.4 Å². The number of benzene rings is 3. The largest absolute Gasteiger partial charge is 0.418 e. The molecule has 2 unspecified atom stereocenters. The topological polar surface area (TPSA) is 238 Å². The van der Waals surface area contributed by atoms with Crippen LogP contribution in [0.15, 0.2) is 97.3 Å². The highest BCUT2D eigenvalue weighted by atomic mass is 32.1. The molecule has 4 heterocycles. The molecule has 0 spiro atoms. The number of ether oxygens (including phenoxy) is 1. The fourth-order valence-corrected chi connectivity index (χ4v) is 9.75. The van der Waals surface area contributed by atoms with Crippen molar-refractivity contribution in [2.75, 3.05) is 10.6 Å². The van der Waals surface area contributed by atoms with Gasteiger partial charge in [0.05, 0.1) is 32.1 Å². The van der Waals surface area contributed by atoms with E-state index in [1.807, 2.05) is 102 Å². The minimum atomic E-state index is -0.710. The highest BCUT2D eigenvalue weighted by molar-refractivity contribution is 7.19. The van der Waals surface area contributed by atoms with Gasteiger partial charge >= 0.3 is 12.1 Å². The highest BCUT2D eigenvalue weighted by Crippen LogP contribution is 2.45. The van der Waals surface area contributed by atoms with Crippen molar-refractivity contribution in [3.05, 3.63) is 107 Å². The molecule has 2 fully saturated rings. The van der Waals surface area contributed by atoms with E-state index in [0.29, 0.717) is 16.7 Å². The Hall–Kier alpha value is -6.24. The number of likely N-dealkylation sites (tertiary alicyclic amines) is 1. The van der Waals surface area contributed by atoms with Gasteiger partial charge in [-0.1, -0.05) is 83.3 Å². The molecule has 2 aromatic heterocycles. The number of nitrogens with two attached hydrogens (primary N) is 2. The minimum absolute atomic E-state index is 0.0309. The Bertz CT molecular complexity index is 2380. The molecule has 0 radical (unpaired) electrons. The first-order valence-electron chi connectivity index (χ1n) is 19.7. The van der Waals surface area contributed by atoms with Gasteiger partial charge in [0.25, 0.3) is 5.69 Å². The van der Waals surface area contributed by atoms with Gasteiger partial charge in [0.1, 0.15) is 5.75 Å². The molecular weight excluding hydrogens is 831 g/mol. The molecule has 2 saturated heterocycles. The zero-order chi connectivity index (χ0) is 45.6. The number of carbonyl (C=O) groups excluding carboxylic acids is 4. The van der Waals surface area contributed by atoms with Gasteiger partial charge in [-0.25, -0.2) is 19.6 Å². The Labute approximate surface area is 368 Å². The van der Waals surface area contributed by atoms with Crippen LogP contribution >= 0.6 is 22.7 Å². The van der Waals surface area contributed by atoms with Crippen molar-refractivity contribution in [2.45, 2.75) is 90.4 Å². The lowest BCUT2D eigenvalue weighted by molar-refractivity contribution is -0.384. The van der Waals surface area contributed by atoms with Gasteiger partial charge in [-0.3, -0.25) is 30.3 Å². The third-order valence-corrected chi connectivity index (χ3v) is 12.6. The number of anilines is 2. The lowest BCUT2D eigenvalue weighted by atomic mass is 9.86. The van der Waals surface area contributed by atoms with Gasteiger partial charge in [0, 0.05) is 41.1 Å². The van der Waals surface area contributed by atoms with E-state index in [0.717, 1.165) is 27.3 Å². The van der Waals surface area contributed by atoms with Crippen LogP contribution in [0.1, 0.15) is 68.2 Å². The van der Waals surface area contributed by atoms with Crippen molar-refractivity contribution in [3.8, 4) is 26.6 Å². The van der Waals surface area contributed by atoms with E-state index >= 15 is 0 Å². The van der Waals surface area contributed by atoms with Crippen LogP contribution in [0.25, 0.3) is 20.9 Å². The smallest absolute Gasteiger partial charge is 0.410 e. The van der Waals surface area contributed by atoms with E-state index in [1.54, 1.807) is 17.3 Å². The number of urea groups is 1. The molecule has 5 amide bonds. The average Bonchev–Trinajstić information content (AvgIpc) is 3.95. The van der Waals surface area contributed by atoms with E-state index < -0.39 is 22.1 Å². The van der Waals surface area contributed by atoms with Crippen LogP contribution in [-0.4, -0.2) is 65.9 Å². The van der Waals surface area contributed by atoms with Gasteiger partial charge in [-0.05, 0) is 91.5 Å². The zero-order valence-electron chi connectivity index (χ0n) is 35.9. The van der Waals surface area contributed by atoms with E-state index in [2.05, 4.69) is 39.8 Å². The maximum atomic E-state index is 13.0. The summed E-state index contributed by atoms with van der Waals surface area (Å²) in [4.78, 5) is 69.9. The number of carbonyl (C=O) groups is 4. The molecule has 0 aliphatic carbocycles. The molecule has 7 rings (SSSR count). The quantitative estimate of drug-likeness (QED) is 0.0734. The fourth-order valence-electron chi connectivity index (χ4n) is 8.13. The minimum Gasteiger partial charge on any atom is -0.410 e. The van der Waals surface area contributed by atoms with Crippen LogP contribution in [0.4, 0.5) is 25.5 Å². The summed E-state index contributed by atoms with van der Waals surface area (Å²) in [6.07, 6.45) is 4.08. The van der Waals surface area contributed by atoms with Crippen molar-refractivity contribution < 1.29 is 28.8 Å². The average molecular weight is 884 g/mol. The first-order chi connectivity index (χ1) is 29.0. The van der Waals surface area contributed by atoms with E-state index in [1.165, 1.54) is 46.9 Å². The highest BCUT2D eigenvalue weighted by Gasteiger charge is 2.56. The summed E-state index contributed by atoms with van der Waals surface area (Å²) in [6.45, 7) is 15.9. The number of non-ortho nitro benzene ring substituents is 1. The van der Waals surface area contributed by atoms with Crippen molar-refractivity contribution in [2.24, 2.45) is 23.3 Å². The van der Waals surface area contributed by atoms with Crippen molar-refractivity contribution in [1.29, 1.82) is 0 Å². The van der Waals surface area contributed by atoms with Crippen LogP contribution in [-0.2, 0) is 9.59 Å². The van der Waals surface area contributed by atoms with Gasteiger partial charge in [0.15, 0.2) is 10.3 Å². The standard InChI is InChI=1S/C19H24N4O2S.C16H11N3O4S.C9H18N2O/c1-18(2)10-13(15(20)24)19(3,4)23(18)17(25)22-16-21-11-14(26-16)12-8-6-5-7-9-12;20-16(23-13-8-6-12(7-9-13)19(21)22)18-15-17-10-14(24-15)11-4-2-1-3-5-11;1-8(2)5-6(7(10)12)9(3,4)11-8/h5-9,11,13H,10H2,1-4H3,(H2,20,24)(H,21,22,25);1-10H,(H,17,18,20);6,11H,5H2,1-4H3,(H2,10,12). The third kappa shape index (κ3) is 11.6. The zero-order valence-corrected chi connectivity index (χ0v) is 37.6. The normalized spacial score (nSPS) is 18.8. The number of hydrogen-bond acceptors (Lipinski definition) is 12. The summed E-state index contributed by atoms with van der Waals surface area (Å²) in [7, 11) is 0. The molecule has 2 aliphatic rings. The number of nitrogens with zero attached hydrogens (tertiary/aromatic N) is 4. The van der Waals surface area contributed by atoms with E-state index in [9.17, 15) is 29.3 Å². The summed E-state index contributed by atoms with van der Waals surface area (Å²) >= 11 is 2.74. The lowest BCUT2D eigenvalue weighted by Crippen LogP contribution is -2.55. The Morgan fingerprint density at radius 3 is 1.63 bits per heavy atom. The first kappa shape index (κ1) is 46.8. The molecule has 0 bridgehead atoms. The molecule has 62 heavy (non-hydrogen) atoms. The van der Waals surface area contributed by atoms with Crippen LogP contribution in [0, 0.1) is 22.0 Å². The lowest BCUT2D eigenvalue weighted by Gasteiger charge is -2.40. The maximum Gasteiger partial charge on any atom is 0.418 e. The number of rotatable bonds is 8. The molecular formula is C44H53N9O7S2. The van der Waals surface area contributed by atoms with Crippen LogP contribution < -0.4 is 32.2 Å². The van der Waals surface area contributed by atoms with Crippen molar-refractivity contribution >= 4 is 62.6 Å². The summed E-state index contributed by atoms with van der Waals surface area (Å²) < 4.78 is 5.06. The Balaban J connectivity index is 0.000000187. The van der Waals surface area contributed by atoms with Gasteiger partial charge in [0.2, 0.25) is 11.8 Å². The number of amides is 5. The van der Waals surface area contributed by atoms with Crippen LogP contribution in [0.2, 0.25) is 0 Å². The Morgan fingerprint density at radius 1 is 0.742 bits per heavy atom. The number of nitro benzene ring substituents is 1. The van der Waals surface area contributed by atoms with Crippen molar-refractivity contribution in [1.82, 2.24) is 20.2 Å². The molecule has 7 N–H and O–H groups in total. The first-order valence-corrected chi connectivity index (χ1v) is 21.4. The monoisotopic (exact) mass is 883 g/mol. The molecule has 16 nitrogen and oxygen atoms in total. The molecule has 5 aromatic rings. The van der Waals surface area contributed by atoms with Crippen molar-refractivity contribution in [3.63, 3.8) is 0 Å². The number of thiazole rings is 2. The molecule has 0 saturated carbocycles. The fraction of sp³-hybridized carbons (Fsp3) is 0.364. The predicted molar refractivity (Wildman–Crippen MR) is 243 cm³/mol. The summed E-state index contributed by atoms with van der Waals surface area (Å²) in [5.41, 5.74) is 11.6. The second-order valence-electron chi connectivity index (χ2n) is 17.3. The number of primary amides is 2. The van der Waals surface area contributed by atoms with Crippen LogP contribution in [0.5, 0.6) is 5.75 Å². The van der Waals surface area contributed by atoms with Gasteiger partial charge in [-0.2, -0.15) is 0 Å². The molecule has 2 aliphatic heterocycles. The molecule has 2 atom stereocenters. The number of aromatic nitrogens is 2. The molecule has 328 valence electrons. The number of hydrogen-bond donors (Lipinski definition) is 5. The maximum absolute atomic E-state index is 13.0. The van der Waals surface area contributed by atoms with E-state index in [4.69, 9.17) is 16.2 Å². The number of nitro groups is 1. The third-order valence-electron chi connectivity index (χ3n) is 10.7. The Morgan fingerprint density at radius 2 is 1.23 bits per heavy atom. The summed E-state index contributed by atoms with van der Waals surface area (Å²) in [6, 6.07) is 24.5. The Kier molecular flexibility index (Phi) is 14.2. The second kappa shape index (κ2) is 18.8. The second-order valence-corrected chi connectivity index (χ2v) is 19.4. The van der Waals surface area contributed by atoms with Crippen LogP contribution in [0.3, 0.4) is 0 Å². The SMILES string of the molecule is CC1(C)CC(C(N)=O)C(C)(C)N1.CC1(C)CC(C(N)=O)C(C)(C)N1C(=O)Nc1ncc(-c2ccccc2)s1.O=C(Nc1ncc(-c2ccccc2)s1)Oc1ccc([N+](=O)[O-])cc1. The molecule has 18 heteroatoms. The van der Waals surface area contributed by atoms with E-state index in [-0.39, 0.29) is 52.2 Å². The molecule has 3 aromatic carbocycles.